The average Bonchev–Trinajstić information content (AvgIpc) is 2.96. The van der Waals surface area contributed by atoms with Gasteiger partial charge in [-0.25, -0.2) is 4.39 Å². The van der Waals surface area contributed by atoms with Crippen LogP contribution in [-0.4, -0.2) is 18.5 Å². The molecule has 0 aliphatic carbocycles. The largest absolute Gasteiger partial charge is 0.522 e. The summed E-state index contributed by atoms with van der Waals surface area (Å²) in [4.78, 5) is 0. The van der Waals surface area contributed by atoms with Gasteiger partial charge in [-0.2, -0.15) is 21.6 Å². The van der Waals surface area contributed by atoms with Crippen molar-refractivity contribution in [3.8, 4) is 33.4 Å². The maximum atomic E-state index is 13.8. The molecular formula is C33H22F4O3S. The highest BCUT2D eigenvalue weighted by molar-refractivity contribution is 7.86. The van der Waals surface area contributed by atoms with E-state index in [-0.39, 0.29) is 5.82 Å². The summed E-state index contributed by atoms with van der Waals surface area (Å²) in [5.74, 6) is -0.224. The molecule has 0 aliphatic heterocycles. The van der Waals surface area contributed by atoms with E-state index in [0.717, 1.165) is 11.1 Å². The molecule has 0 saturated carbocycles. The third-order valence-electron chi connectivity index (χ3n) is 6.62. The van der Waals surface area contributed by atoms with E-state index < -0.39 is 15.6 Å². The van der Waals surface area contributed by atoms with E-state index in [1.54, 1.807) is 0 Å². The van der Waals surface area contributed by atoms with E-state index in [0.29, 0.717) is 0 Å². The molecule has 41 heavy (non-hydrogen) atoms. The summed E-state index contributed by atoms with van der Waals surface area (Å²) >= 11 is 0. The third-order valence-corrected chi connectivity index (χ3v) is 7.21. The van der Waals surface area contributed by atoms with Crippen LogP contribution >= 0.6 is 0 Å². The van der Waals surface area contributed by atoms with Crippen molar-refractivity contribution >= 4 is 31.7 Å². The number of hydrogen-bond acceptors (Lipinski definition) is 2. The molecule has 6 aromatic carbocycles. The minimum absolute atomic E-state index is 0.224. The van der Waals surface area contributed by atoms with Crippen molar-refractivity contribution in [2.24, 2.45) is 0 Å². The molecule has 6 aromatic rings. The SMILES string of the molecule is Fc1ccc(-c2cccc3c(-c4ccccc4)c4ccccc4c(-c4ccccc4)c23)cc1.O=S(=O)(O)C(F)(F)F. The van der Waals surface area contributed by atoms with Crippen molar-refractivity contribution in [2.75, 3.05) is 0 Å². The first-order chi connectivity index (χ1) is 19.6. The van der Waals surface area contributed by atoms with Crippen molar-refractivity contribution in [1.82, 2.24) is 0 Å². The van der Waals surface area contributed by atoms with Crippen molar-refractivity contribution in [1.29, 1.82) is 0 Å². The molecule has 0 aromatic heterocycles. The number of hydrogen-bond donors (Lipinski definition) is 1. The van der Waals surface area contributed by atoms with Crippen molar-refractivity contribution in [3.05, 3.63) is 133 Å². The summed E-state index contributed by atoms with van der Waals surface area (Å²) in [6, 6.07) is 43.1. The average molecular weight is 575 g/mol. The highest BCUT2D eigenvalue weighted by atomic mass is 32.2. The Morgan fingerprint density at radius 1 is 0.512 bits per heavy atom. The fourth-order valence-corrected chi connectivity index (χ4v) is 4.92. The number of alkyl halides is 3. The summed E-state index contributed by atoms with van der Waals surface area (Å²) in [6.45, 7) is 0. The van der Waals surface area contributed by atoms with Crippen LogP contribution in [0.4, 0.5) is 17.6 Å². The zero-order chi connectivity index (χ0) is 29.2. The van der Waals surface area contributed by atoms with E-state index in [2.05, 4.69) is 97.1 Å². The maximum absolute atomic E-state index is 13.8. The first-order valence-corrected chi connectivity index (χ1v) is 13.9. The lowest BCUT2D eigenvalue weighted by atomic mass is 9.83. The second-order valence-corrected chi connectivity index (χ2v) is 10.6. The monoisotopic (exact) mass is 574 g/mol. The molecule has 0 amide bonds. The second kappa shape index (κ2) is 11.2. The van der Waals surface area contributed by atoms with Crippen LogP contribution in [0.2, 0.25) is 0 Å². The molecule has 0 atom stereocenters. The van der Waals surface area contributed by atoms with Crippen LogP contribution < -0.4 is 0 Å². The van der Waals surface area contributed by atoms with Gasteiger partial charge in [0.05, 0.1) is 0 Å². The van der Waals surface area contributed by atoms with Gasteiger partial charge >= 0.3 is 15.6 Å². The van der Waals surface area contributed by atoms with Crippen LogP contribution in [0.15, 0.2) is 127 Å². The number of fused-ring (bicyclic) bond motifs is 2. The Kier molecular flexibility index (Phi) is 7.62. The summed E-state index contributed by atoms with van der Waals surface area (Å²) < 4.78 is 71.3. The molecule has 6 rings (SSSR count). The molecule has 0 saturated heterocycles. The topological polar surface area (TPSA) is 54.4 Å². The van der Waals surface area contributed by atoms with Crippen molar-refractivity contribution in [3.63, 3.8) is 0 Å². The van der Waals surface area contributed by atoms with E-state index in [1.807, 2.05) is 18.2 Å². The van der Waals surface area contributed by atoms with E-state index in [4.69, 9.17) is 13.0 Å². The smallest absolute Gasteiger partial charge is 0.279 e. The van der Waals surface area contributed by atoms with Gasteiger partial charge in [-0.1, -0.05) is 115 Å². The van der Waals surface area contributed by atoms with Gasteiger partial charge in [0.25, 0.3) is 0 Å². The fraction of sp³-hybridized carbons (Fsp3) is 0.0303. The lowest BCUT2D eigenvalue weighted by Gasteiger charge is -2.20. The minimum atomic E-state index is -5.84. The van der Waals surface area contributed by atoms with Crippen molar-refractivity contribution in [2.45, 2.75) is 5.51 Å². The lowest BCUT2D eigenvalue weighted by Crippen LogP contribution is -2.21. The molecule has 0 bridgehead atoms. The quantitative estimate of drug-likeness (QED) is 0.0991. The van der Waals surface area contributed by atoms with Crippen LogP contribution in [0.5, 0.6) is 0 Å². The van der Waals surface area contributed by atoms with Crippen molar-refractivity contribution < 1.29 is 30.5 Å². The van der Waals surface area contributed by atoms with Crippen LogP contribution in [0.3, 0.4) is 0 Å². The van der Waals surface area contributed by atoms with Crippen LogP contribution in [0.1, 0.15) is 0 Å². The molecule has 3 nitrogen and oxygen atoms in total. The van der Waals surface area contributed by atoms with Crippen LogP contribution in [-0.2, 0) is 10.1 Å². The molecule has 1 N–H and O–H groups in total. The summed E-state index contributed by atoms with van der Waals surface area (Å²) in [7, 11) is -5.84. The lowest BCUT2D eigenvalue weighted by molar-refractivity contribution is -0.0510. The van der Waals surface area contributed by atoms with Gasteiger partial charge in [-0.05, 0) is 67.1 Å². The highest BCUT2D eigenvalue weighted by Crippen LogP contribution is 2.46. The molecule has 0 aliphatic rings. The molecule has 0 fully saturated rings. The number of benzene rings is 6. The zero-order valence-corrected chi connectivity index (χ0v) is 22.1. The van der Waals surface area contributed by atoms with Gasteiger partial charge in [-0.15, -0.1) is 0 Å². The molecule has 0 unspecified atom stereocenters. The summed E-state index contributed by atoms with van der Waals surface area (Å²) in [5.41, 5.74) is 1.38. The van der Waals surface area contributed by atoms with Gasteiger partial charge in [0, 0.05) is 0 Å². The predicted octanol–water partition coefficient (Wildman–Crippen LogP) is 9.53. The Bertz CT molecular complexity index is 1940. The predicted molar refractivity (Wildman–Crippen MR) is 155 cm³/mol. The third kappa shape index (κ3) is 5.70. The fourth-order valence-electron chi connectivity index (χ4n) is 4.92. The Morgan fingerprint density at radius 2 is 0.951 bits per heavy atom. The molecule has 0 heterocycles. The minimum Gasteiger partial charge on any atom is -0.279 e. The van der Waals surface area contributed by atoms with E-state index in [1.165, 1.54) is 55.9 Å². The van der Waals surface area contributed by atoms with Gasteiger partial charge in [0.15, 0.2) is 0 Å². The summed E-state index contributed by atoms with van der Waals surface area (Å²) in [6.07, 6.45) is 0. The van der Waals surface area contributed by atoms with Gasteiger partial charge in [0.2, 0.25) is 0 Å². The molecule has 8 heteroatoms. The molecule has 0 radical (unpaired) electrons. The summed E-state index contributed by atoms with van der Waals surface area (Å²) in [5, 5.41) is 4.82. The van der Waals surface area contributed by atoms with E-state index in [9.17, 15) is 17.6 Å². The standard InChI is InChI=1S/C32H21F.CHF3O3S/c33-25-20-18-22(19-21-25)26-16-9-17-29-30(23-10-3-1-4-11-23)27-14-7-8-15-28(27)31(32(26)29)24-12-5-2-6-13-24;2-1(3,4)8(5,6)7/h1-21H;(H,5,6,7). The molecule has 0 spiro atoms. The Hall–Kier alpha value is -4.53. The molecular weight excluding hydrogens is 552 g/mol. The Labute approximate surface area is 234 Å². The van der Waals surface area contributed by atoms with Crippen LogP contribution in [0, 0.1) is 5.82 Å². The normalized spacial score (nSPS) is 11.7. The number of rotatable bonds is 3. The van der Waals surface area contributed by atoms with Gasteiger partial charge in [0.1, 0.15) is 5.82 Å². The Morgan fingerprint density at radius 3 is 1.46 bits per heavy atom. The first-order valence-electron chi connectivity index (χ1n) is 12.4. The highest BCUT2D eigenvalue weighted by Gasteiger charge is 2.44. The van der Waals surface area contributed by atoms with Gasteiger partial charge < -0.3 is 0 Å². The van der Waals surface area contributed by atoms with E-state index >= 15 is 0 Å². The number of halogens is 4. The maximum Gasteiger partial charge on any atom is 0.522 e. The zero-order valence-electron chi connectivity index (χ0n) is 21.3. The van der Waals surface area contributed by atoms with Crippen LogP contribution in [0.25, 0.3) is 54.9 Å². The Balaban J connectivity index is 0.000000372. The first kappa shape index (κ1) is 28.0. The van der Waals surface area contributed by atoms with Gasteiger partial charge in [-0.3, -0.25) is 4.55 Å². The molecule has 206 valence electrons. The second-order valence-electron chi connectivity index (χ2n) is 9.18.